The van der Waals surface area contributed by atoms with E-state index in [9.17, 15) is 22.4 Å². The van der Waals surface area contributed by atoms with Gasteiger partial charge in [0.1, 0.15) is 0 Å². The van der Waals surface area contributed by atoms with E-state index in [0.29, 0.717) is 5.56 Å². The van der Waals surface area contributed by atoms with E-state index in [1.807, 2.05) is 0 Å². The topological polar surface area (TPSA) is 46.5 Å². The smallest absolute Gasteiger partial charge is 0.422 e. The Balaban J connectivity index is 2.71. The SMILES string of the molecule is O=C(O)CCc1ccc(F)c(OCC(F)(F)F)c1. The second-order valence-corrected chi connectivity index (χ2v) is 3.56. The Labute approximate surface area is 100.0 Å². The summed E-state index contributed by atoms with van der Waals surface area (Å²) in [5.74, 6) is -2.49. The number of aryl methyl sites for hydroxylation is 1. The van der Waals surface area contributed by atoms with Crippen LogP contribution in [0.2, 0.25) is 0 Å². The van der Waals surface area contributed by atoms with Crippen LogP contribution < -0.4 is 4.74 Å². The molecule has 0 saturated heterocycles. The van der Waals surface area contributed by atoms with Crippen molar-refractivity contribution in [1.29, 1.82) is 0 Å². The maximum atomic E-state index is 13.1. The normalized spacial score (nSPS) is 11.3. The zero-order valence-corrected chi connectivity index (χ0v) is 9.13. The minimum Gasteiger partial charge on any atom is -0.481 e. The number of hydrogen-bond donors (Lipinski definition) is 1. The first-order valence-corrected chi connectivity index (χ1v) is 4.98. The summed E-state index contributed by atoms with van der Waals surface area (Å²) in [6, 6.07) is 3.33. The van der Waals surface area contributed by atoms with Gasteiger partial charge in [0.2, 0.25) is 0 Å². The third-order valence-corrected chi connectivity index (χ3v) is 2.01. The molecule has 0 atom stereocenters. The lowest BCUT2D eigenvalue weighted by Gasteiger charge is -2.10. The van der Waals surface area contributed by atoms with Crippen LogP contribution >= 0.6 is 0 Å². The molecule has 7 heteroatoms. The third kappa shape index (κ3) is 5.03. The van der Waals surface area contributed by atoms with Gasteiger partial charge in [-0.25, -0.2) is 4.39 Å². The average Bonchev–Trinajstić information content (AvgIpc) is 2.25. The summed E-state index contributed by atoms with van der Waals surface area (Å²) in [4.78, 5) is 10.3. The monoisotopic (exact) mass is 266 g/mol. The van der Waals surface area contributed by atoms with Crippen molar-refractivity contribution >= 4 is 5.97 Å². The Hall–Kier alpha value is -1.79. The van der Waals surface area contributed by atoms with E-state index in [4.69, 9.17) is 5.11 Å². The first-order valence-electron chi connectivity index (χ1n) is 4.98. The van der Waals surface area contributed by atoms with Gasteiger partial charge in [0.25, 0.3) is 0 Å². The predicted molar refractivity (Wildman–Crippen MR) is 53.9 cm³/mol. The van der Waals surface area contributed by atoms with E-state index in [-0.39, 0.29) is 12.8 Å². The Morgan fingerprint density at radius 2 is 2.00 bits per heavy atom. The summed E-state index contributed by atoms with van der Waals surface area (Å²) in [5.41, 5.74) is 0.399. The van der Waals surface area contributed by atoms with Gasteiger partial charge in [0.05, 0.1) is 0 Å². The van der Waals surface area contributed by atoms with Gasteiger partial charge in [-0.15, -0.1) is 0 Å². The maximum Gasteiger partial charge on any atom is 0.422 e. The molecule has 0 aliphatic rings. The van der Waals surface area contributed by atoms with Crippen molar-refractivity contribution in [3.05, 3.63) is 29.6 Å². The standard InChI is InChI=1S/C11H10F4O3/c12-8-3-1-7(2-4-10(16)17)5-9(8)18-6-11(13,14)15/h1,3,5H,2,4,6H2,(H,16,17). The number of alkyl halides is 3. The zero-order valence-electron chi connectivity index (χ0n) is 9.13. The zero-order chi connectivity index (χ0) is 13.8. The first-order chi connectivity index (χ1) is 8.28. The number of carboxylic acids is 1. The average molecular weight is 266 g/mol. The summed E-state index contributed by atoms with van der Waals surface area (Å²) >= 11 is 0. The number of rotatable bonds is 5. The fourth-order valence-corrected chi connectivity index (χ4v) is 1.22. The fraction of sp³-hybridized carbons (Fsp3) is 0.364. The molecule has 1 aromatic carbocycles. The summed E-state index contributed by atoms with van der Waals surface area (Å²) in [7, 11) is 0. The predicted octanol–water partition coefficient (Wildman–Crippen LogP) is 2.78. The van der Waals surface area contributed by atoms with Crippen LogP contribution in [0.25, 0.3) is 0 Å². The molecule has 18 heavy (non-hydrogen) atoms. The number of benzene rings is 1. The molecule has 0 aliphatic carbocycles. The quantitative estimate of drug-likeness (QED) is 0.833. The number of hydrogen-bond acceptors (Lipinski definition) is 2. The van der Waals surface area contributed by atoms with Crippen molar-refractivity contribution in [3.63, 3.8) is 0 Å². The molecule has 0 aromatic heterocycles. The van der Waals surface area contributed by atoms with E-state index in [0.717, 1.165) is 12.1 Å². The van der Waals surface area contributed by atoms with Crippen LogP contribution in [-0.4, -0.2) is 23.9 Å². The van der Waals surface area contributed by atoms with Crippen molar-refractivity contribution in [2.45, 2.75) is 19.0 Å². The molecule has 0 radical (unpaired) electrons. The molecule has 0 aliphatic heterocycles. The highest BCUT2D eigenvalue weighted by molar-refractivity contribution is 5.67. The molecule has 100 valence electrons. The van der Waals surface area contributed by atoms with E-state index >= 15 is 0 Å². The molecule has 0 fully saturated rings. The number of ether oxygens (including phenoxy) is 1. The van der Waals surface area contributed by atoms with Crippen LogP contribution in [0.1, 0.15) is 12.0 Å². The summed E-state index contributed by atoms with van der Waals surface area (Å²) < 4.78 is 53.1. The molecule has 0 bridgehead atoms. The Kier molecular flexibility index (Phi) is 4.52. The van der Waals surface area contributed by atoms with Crippen molar-refractivity contribution in [1.82, 2.24) is 0 Å². The van der Waals surface area contributed by atoms with Gasteiger partial charge < -0.3 is 9.84 Å². The van der Waals surface area contributed by atoms with Gasteiger partial charge in [-0.1, -0.05) is 6.07 Å². The highest BCUT2D eigenvalue weighted by Gasteiger charge is 2.28. The van der Waals surface area contributed by atoms with Gasteiger partial charge in [0, 0.05) is 6.42 Å². The van der Waals surface area contributed by atoms with Crippen molar-refractivity contribution in [2.75, 3.05) is 6.61 Å². The molecule has 0 unspecified atom stereocenters. The Morgan fingerprint density at radius 1 is 1.33 bits per heavy atom. The van der Waals surface area contributed by atoms with Gasteiger partial charge in [-0.05, 0) is 24.1 Å². The largest absolute Gasteiger partial charge is 0.481 e. The van der Waals surface area contributed by atoms with Crippen LogP contribution in [0.5, 0.6) is 5.75 Å². The molecule has 0 heterocycles. The summed E-state index contributed by atoms with van der Waals surface area (Å²) in [6.45, 7) is -1.59. The Bertz CT molecular complexity index is 429. The van der Waals surface area contributed by atoms with E-state index in [2.05, 4.69) is 4.74 Å². The number of carbonyl (C=O) groups is 1. The number of carboxylic acid groups (broad SMARTS) is 1. The number of halogens is 4. The van der Waals surface area contributed by atoms with Gasteiger partial charge in [0.15, 0.2) is 18.2 Å². The fourth-order valence-electron chi connectivity index (χ4n) is 1.22. The highest BCUT2D eigenvalue weighted by Crippen LogP contribution is 2.23. The lowest BCUT2D eigenvalue weighted by molar-refractivity contribution is -0.153. The van der Waals surface area contributed by atoms with E-state index < -0.39 is 30.3 Å². The van der Waals surface area contributed by atoms with Crippen LogP contribution in [0, 0.1) is 5.82 Å². The molecule has 3 nitrogen and oxygen atoms in total. The second kappa shape index (κ2) is 5.70. The molecule has 1 aromatic rings. The van der Waals surface area contributed by atoms with Gasteiger partial charge >= 0.3 is 12.1 Å². The highest BCUT2D eigenvalue weighted by atomic mass is 19.4. The molecule has 0 amide bonds. The first kappa shape index (κ1) is 14.3. The van der Waals surface area contributed by atoms with Crippen molar-refractivity contribution < 1.29 is 32.2 Å². The molecular weight excluding hydrogens is 256 g/mol. The van der Waals surface area contributed by atoms with Crippen molar-refractivity contribution in [3.8, 4) is 5.75 Å². The van der Waals surface area contributed by atoms with Crippen LogP contribution in [-0.2, 0) is 11.2 Å². The number of aliphatic carboxylic acids is 1. The maximum absolute atomic E-state index is 13.1. The lowest BCUT2D eigenvalue weighted by atomic mass is 10.1. The van der Waals surface area contributed by atoms with Crippen LogP contribution in [0.3, 0.4) is 0 Å². The van der Waals surface area contributed by atoms with Gasteiger partial charge in [-0.3, -0.25) is 4.79 Å². The van der Waals surface area contributed by atoms with E-state index in [1.54, 1.807) is 0 Å². The van der Waals surface area contributed by atoms with Crippen LogP contribution in [0.15, 0.2) is 18.2 Å². The second-order valence-electron chi connectivity index (χ2n) is 3.56. The minimum atomic E-state index is -4.55. The summed E-state index contributed by atoms with van der Waals surface area (Å²) in [6.07, 6.45) is -4.65. The molecular formula is C11H10F4O3. The lowest BCUT2D eigenvalue weighted by Crippen LogP contribution is -2.19. The summed E-state index contributed by atoms with van der Waals surface area (Å²) in [5, 5.41) is 8.45. The van der Waals surface area contributed by atoms with Crippen LogP contribution in [0.4, 0.5) is 17.6 Å². The molecule has 1 N–H and O–H groups in total. The molecule has 1 rings (SSSR count). The van der Waals surface area contributed by atoms with Crippen molar-refractivity contribution in [2.24, 2.45) is 0 Å². The Morgan fingerprint density at radius 3 is 2.56 bits per heavy atom. The van der Waals surface area contributed by atoms with E-state index in [1.165, 1.54) is 6.07 Å². The minimum absolute atomic E-state index is 0.0952. The molecule has 0 spiro atoms. The molecule has 0 saturated carbocycles. The van der Waals surface area contributed by atoms with Gasteiger partial charge in [-0.2, -0.15) is 13.2 Å². The third-order valence-electron chi connectivity index (χ3n) is 2.01.